The second-order valence-corrected chi connectivity index (χ2v) is 5.17. The zero-order chi connectivity index (χ0) is 11.1. The minimum Gasteiger partial charge on any atom is -0.461 e. The third-order valence-electron chi connectivity index (χ3n) is 3.57. The zero-order valence-corrected chi connectivity index (χ0v) is 9.84. The van der Waals surface area contributed by atoms with Crippen molar-refractivity contribution in [2.45, 2.75) is 70.2 Å². The molecule has 0 aromatic rings. The fraction of sp³-hybridized carbons (Fsp3) is 0.917. The summed E-state index contributed by atoms with van der Waals surface area (Å²) in [6.07, 6.45) is 5.20. The minimum atomic E-state index is -0.603. The Labute approximate surface area is 91.1 Å². The molecule has 0 N–H and O–H groups in total. The second kappa shape index (κ2) is 3.48. The standard InChI is InChI=1S/C12H20O3/c1-9(2)14-10(13)12-8-6-4-5-7-11(12,3)15-12/h9H,4-8H2,1-3H3. The van der Waals surface area contributed by atoms with Gasteiger partial charge in [-0.3, -0.25) is 0 Å². The molecule has 0 aromatic carbocycles. The molecule has 2 atom stereocenters. The van der Waals surface area contributed by atoms with Gasteiger partial charge in [0.25, 0.3) is 0 Å². The third-order valence-corrected chi connectivity index (χ3v) is 3.57. The molecular weight excluding hydrogens is 192 g/mol. The highest BCUT2D eigenvalue weighted by atomic mass is 16.7. The summed E-state index contributed by atoms with van der Waals surface area (Å²) in [6, 6.07) is 0. The summed E-state index contributed by atoms with van der Waals surface area (Å²) in [5, 5.41) is 0. The van der Waals surface area contributed by atoms with E-state index in [1.165, 1.54) is 6.42 Å². The van der Waals surface area contributed by atoms with Crippen LogP contribution >= 0.6 is 0 Å². The van der Waals surface area contributed by atoms with Crippen LogP contribution in [0.5, 0.6) is 0 Å². The van der Waals surface area contributed by atoms with E-state index in [2.05, 4.69) is 0 Å². The number of ether oxygens (including phenoxy) is 2. The predicted molar refractivity (Wildman–Crippen MR) is 56.5 cm³/mol. The van der Waals surface area contributed by atoms with Gasteiger partial charge in [0, 0.05) is 0 Å². The van der Waals surface area contributed by atoms with Crippen molar-refractivity contribution in [3.63, 3.8) is 0 Å². The first-order chi connectivity index (χ1) is 7.00. The van der Waals surface area contributed by atoms with Crippen LogP contribution in [0.3, 0.4) is 0 Å². The van der Waals surface area contributed by atoms with Gasteiger partial charge in [-0.15, -0.1) is 0 Å². The van der Waals surface area contributed by atoms with Gasteiger partial charge in [0.1, 0.15) is 5.60 Å². The molecule has 2 aliphatic rings. The van der Waals surface area contributed by atoms with E-state index < -0.39 is 5.60 Å². The molecule has 0 spiro atoms. The first-order valence-electron chi connectivity index (χ1n) is 5.91. The molecule has 86 valence electrons. The Morgan fingerprint density at radius 3 is 2.60 bits per heavy atom. The van der Waals surface area contributed by atoms with Crippen LogP contribution in [0.4, 0.5) is 0 Å². The Morgan fingerprint density at radius 2 is 1.93 bits per heavy atom. The molecule has 0 amide bonds. The van der Waals surface area contributed by atoms with Gasteiger partial charge in [0.2, 0.25) is 0 Å². The SMILES string of the molecule is CC(C)OC(=O)C12CCCCCC1(C)O2. The maximum Gasteiger partial charge on any atom is 0.341 e. The van der Waals surface area contributed by atoms with Crippen LogP contribution in [0.1, 0.15) is 52.9 Å². The lowest BCUT2D eigenvalue weighted by molar-refractivity contribution is -0.154. The zero-order valence-electron chi connectivity index (χ0n) is 9.84. The van der Waals surface area contributed by atoms with Gasteiger partial charge in [0.05, 0.1) is 6.10 Å². The van der Waals surface area contributed by atoms with E-state index in [9.17, 15) is 4.79 Å². The van der Waals surface area contributed by atoms with E-state index in [0.29, 0.717) is 0 Å². The number of carbonyl (C=O) groups is 1. The molecule has 15 heavy (non-hydrogen) atoms. The van der Waals surface area contributed by atoms with Crippen LogP contribution in [0, 0.1) is 0 Å². The van der Waals surface area contributed by atoms with Crippen molar-refractivity contribution in [1.29, 1.82) is 0 Å². The van der Waals surface area contributed by atoms with Crippen molar-refractivity contribution in [3.05, 3.63) is 0 Å². The summed E-state index contributed by atoms with van der Waals surface area (Å²) >= 11 is 0. The van der Waals surface area contributed by atoms with E-state index >= 15 is 0 Å². The van der Waals surface area contributed by atoms with Crippen molar-refractivity contribution >= 4 is 5.97 Å². The lowest BCUT2D eigenvalue weighted by atomic mass is 9.90. The molecule has 1 saturated heterocycles. The van der Waals surface area contributed by atoms with E-state index in [-0.39, 0.29) is 17.7 Å². The maximum atomic E-state index is 12.0. The van der Waals surface area contributed by atoms with Crippen LogP contribution in [-0.2, 0) is 14.3 Å². The Kier molecular flexibility index (Phi) is 2.53. The van der Waals surface area contributed by atoms with Crippen LogP contribution < -0.4 is 0 Å². The first kappa shape index (κ1) is 10.9. The van der Waals surface area contributed by atoms with Gasteiger partial charge in [0.15, 0.2) is 5.60 Å². The van der Waals surface area contributed by atoms with Gasteiger partial charge in [-0.25, -0.2) is 4.79 Å². The number of hydrogen-bond donors (Lipinski definition) is 0. The molecule has 3 heteroatoms. The molecule has 1 aliphatic heterocycles. The molecule has 2 fully saturated rings. The normalized spacial score (nSPS) is 39.5. The average molecular weight is 212 g/mol. The lowest BCUT2D eigenvalue weighted by Gasteiger charge is -2.15. The van der Waals surface area contributed by atoms with Gasteiger partial charge >= 0.3 is 5.97 Å². The number of epoxide rings is 1. The number of carbonyl (C=O) groups excluding carboxylic acids is 1. The van der Waals surface area contributed by atoms with E-state index in [1.54, 1.807) is 0 Å². The fourth-order valence-corrected chi connectivity index (χ4v) is 2.61. The second-order valence-electron chi connectivity index (χ2n) is 5.17. The highest BCUT2D eigenvalue weighted by Gasteiger charge is 2.72. The topological polar surface area (TPSA) is 38.8 Å². The average Bonchev–Trinajstić information content (AvgIpc) is 2.72. The number of esters is 1. The Hall–Kier alpha value is -0.570. The van der Waals surface area contributed by atoms with Gasteiger partial charge in [-0.2, -0.15) is 0 Å². The van der Waals surface area contributed by atoms with Crippen LogP contribution in [0.15, 0.2) is 0 Å². The quantitative estimate of drug-likeness (QED) is 0.521. The predicted octanol–water partition coefficient (Wildman–Crippen LogP) is 2.43. The highest BCUT2D eigenvalue weighted by Crippen LogP contribution is 2.56. The van der Waals surface area contributed by atoms with Gasteiger partial charge < -0.3 is 9.47 Å². The molecule has 1 saturated carbocycles. The van der Waals surface area contributed by atoms with Crippen molar-refractivity contribution in [2.75, 3.05) is 0 Å². The monoisotopic (exact) mass is 212 g/mol. The number of hydrogen-bond acceptors (Lipinski definition) is 3. The van der Waals surface area contributed by atoms with E-state index in [1.807, 2.05) is 20.8 Å². The molecule has 3 nitrogen and oxygen atoms in total. The summed E-state index contributed by atoms with van der Waals surface area (Å²) in [4.78, 5) is 12.0. The molecule has 1 aliphatic carbocycles. The summed E-state index contributed by atoms with van der Waals surface area (Å²) in [5.74, 6) is -0.151. The molecule has 0 aromatic heterocycles. The highest BCUT2D eigenvalue weighted by molar-refractivity contribution is 5.85. The minimum absolute atomic E-state index is 0.0522. The molecule has 2 unspecified atom stereocenters. The van der Waals surface area contributed by atoms with Crippen LogP contribution in [0.2, 0.25) is 0 Å². The largest absolute Gasteiger partial charge is 0.461 e. The summed E-state index contributed by atoms with van der Waals surface area (Å²) < 4.78 is 11.0. The van der Waals surface area contributed by atoms with E-state index in [4.69, 9.17) is 9.47 Å². The van der Waals surface area contributed by atoms with Crippen molar-refractivity contribution in [2.24, 2.45) is 0 Å². The van der Waals surface area contributed by atoms with Gasteiger partial charge in [-0.05, 0) is 40.0 Å². The van der Waals surface area contributed by atoms with Crippen molar-refractivity contribution in [3.8, 4) is 0 Å². The van der Waals surface area contributed by atoms with E-state index in [0.717, 1.165) is 25.7 Å². The van der Waals surface area contributed by atoms with Gasteiger partial charge in [-0.1, -0.05) is 12.8 Å². The molecular formula is C12H20O3. The molecule has 2 rings (SSSR count). The molecule has 1 heterocycles. The molecule has 0 bridgehead atoms. The van der Waals surface area contributed by atoms with Crippen molar-refractivity contribution in [1.82, 2.24) is 0 Å². The molecule has 0 radical (unpaired) electrons. The number of fused-ring (bicyclic) bond motifs is 1. The Balaban J connectivity index is 2.09. The summed E-state index contributed by atoms with van der Waals surface area (Å²) in [5.41, 5.74) is -0.844. The van der Waals surface area contributed by atoms with Crippen LogP contribution in [0.25, 0.3) is 0 Å². The third kappa shape index (κ3) is 1.67. The summed E-state index contributed by atoms with van der Waals surface area (Å²) in [7, 11) is 0. The Bertz CT molecular complexity index is 274. The lowest BCUT2D eigenvalue weighted by Crippen LogP contribution is -2.35. The fourth-order valence-electron chi connectivity index (χ4n) is 2.61. The maximum absolute atomic E-state index is 12.0. The number of rotatable bonds is 2. The smallest absolute Gasteiger partial charge is 0.341 e. The Morgan fingerprint density at radius 1 is 1.27 bits per heavy atom. The van der Waals surface area contributed by atoms with Crippen molar-refractivity contribution < 1.29 is 14.3 Å². The first-order valence-corrected chi connectivity index (χ1v) is 5.91. The summed E-state index contributed by atoms with van der Waals surface area (Å²) in [6.45, 7) is 5.80. The van der Waals surface area contributed by atoms with Crippen LogP contribution in [-0.4, -0.2) is 23.3 Å².